The van der Waals surface area contributed by atoms with E-state index >= 15 is 0 Å². The molecule has 3 heterocycles. The van der Waals surface area contributed by atoms with Crippen LogP contribution in [0.2, 0.25) is 0 Å². The van der Waals surface area contributed by atoms with Crippen LogP contribution in [0.1, 0.15) is 109 Å². The van der Waals surface area contributed by atoms with E-state index < -0.39 is 35.6 Å². The predicted octanol–water partition coefficient (Wildman–Crippen LogP) is 7.26. The Bertz CT molecular complexity index is 2300. The van der Waals surface area contributed by atoms with Gasteiger partial charge in [-0.15, -0.1) is 0 Å². The third-order valence-electron chi connectivity index (χ3n) is 11.5. The van der Waals surface area contributed by atoms with Crippen molar-refractivity contribution in [2.24, 2.45) is 5.73 Å². The van der Waals surface area contributed by atoms with E-state index in [9.17, 15) is 32.8 Å². The van der Waals surface area contributed by atoms with Gasteiger partial charge in [-0.05, 0) is 86.8 Å². The van der Waals surface area contributed by atoms with Crippen LogP contribution in [0.3, 0.4) is 0 Å². The smallest absolute Gasteiger partial charge is 0.262 e. The van der Waals surface area contributed by atoms with Crippen LogP contribution >= 0.6 is 12.2 Å². The van der Waals surface area contributed by atoms with Crippen molar-refractivity contribution in [2.75, 3.05) is 31.7 Å². The van der Waals surface area contributed by atoms with Crippen LogP contribution < -0.4 is 16.4 Å². The van der Waals surface area contributed by atoms with E-state index in [0.29, 0.717) is 74.8 Å². The first kappa shape index (κ1) is 42.7. The summed E-state index contributed by atoms with van der Waals surface area (Å²) in [5.41, 5.74) is 11.3. The highest BCUT2D eigenvalue weighted by Gasteiger charge is 2.45. The molecule has 3 aliphatic rings. The first-order valence-electron chi connectivity index (χ1n) is 20.6. The number of nitrogens with two attached hydrogens (primary N) is 1. The second kappa shape index (κ2) is 18.9. The van der Waals surface area contributed by atoms with E-state index in [2.05, 4.69) is 15.2 Å². The standard InChI is InChI=1S/C45H49F2N5O7S/c46-45(47)19-17-32(18-20-45)51-27-35(29-9-3-10-30(25-29)41(48)60)33-14-13-31(26-37(33)51)49-38(53)12-5-22-59-24-6-23-58-21-2-1-7-28-8-4-11-34-40(28)44(57)52(43(34)56)36-15-16-39(54)50-42(36)55/h3-4,8-11,13-14,25-27,32,36H,1-2,5-7,12,15-24H2,(H2,48,60)(H,49,53)(H,50,54,55). The lowest BCUT2D eigenvalue weighted by Crippen LogP contribution is -2.54. The Morgan fingerprint density at radius 2 is 1.60 bits per heavy atom. The van der Waals surface area contributed by atoms with Crippen LogP contribution in [0.15, 0.2) is 66.9 Å². The molecule has 1 saturated carbocycles. The molecule has 12 nitrogen and oxygen atoms in total. The van der Waals surface area contributed by atoms with Gasteiger partial charge in [-0.3, -0.25) is 34.2 Å². The number of carbonyl (C=O) groups is 5. The van der Waals surface area contributed by atoms with E-state index in [-0.39, 0.29) is 49.6 Å². The van der Waals surface area contributed by atoms with Crippen molar-refractivity contribution in [1.29, 1.82) is 0 Å². The predicted molar refractivity (Wildman–Crippen MR) is 226 cm³/mol. The molecule has 2 aliphatic heterocycles. The number of aromatic nitrogens is 1. The number of ether oxygens (including phenoxy) is 2. The van der Waals surface area contributed by atoms with E-state index in [1.54, 1.807) is 12.1 Å². The zero-order chi connectivity index (χ0) is 42.4. The minimum absolute atomic E-state index is 0.0715. The Kier molecular flexibility index (Phi) is 13.5. The monoisotopic (exact) mass is 841 g/mol. The third kappa shape index (κ3) is 9.80. The van der Waals surface area contributed by atoms with Gasteiger partial charge in [0.1, 0.15) is 11.0 Å². The fraction of sp³-hybridized carbons (Fsp3) is 0.422. The van der Waals surface area contributed by atoms with Gasteiger partial charge < -0.3 is 25.1 Å². The zero-order valence-corrected chi connectivity index (χ0v) is 34.1. The second-order valence-electron chi connectivity index (χ2n) is 15.7. The summed E-state index contributed by atoms with van der Waals surface area (Å²) in [6, 6.07) is 17.4. The average Bonchev–Trinajstić information content (AvgIpc) is 3.72. The molecule has 4 N–H and O–H groups in total. The number of alkyl halides is 2. The molecule has 1 aromatic heterocycles. The fourth-order valence-electron chi connectivity index (χ4n) is 8.34. The van der Waals surface area contributed by atoms with E-state index in [0.717, 1.165) is 50.9 Å². The SMILES string of the molecule is NC(=S)c1cccc(-c2cn(C3CCC(F)(F)CC3)c3cc(NC(=O)CCCOCCCOCCCCc4cccc5c4C(=O)N(C4CCC(=O)NC4=O)C5=O)ccc23)c1. The minimum Gasteiger partial charge on any atom is -0.389 e. The van der Waals surface area contributed by atoms with Crippen molar-refractivity contribution in [3.63, 3.8) is 0 Å². The number of carbonyl (C=O) groups excluding carboxylic acids is 5. The number of aryl methyl sites for hydroxylation is 1. The highest BCUT2D eigenvalue weighted by molar-refractivity contribution is 7.80. The summed E-state index contributed by atoms with van der Waals surface area (Å²) in [6.45, 7) is 1.94. The lowest BCUT2D eigenvalue weighted by atomic mass is 9.92. The van der Waals surface area contributed by atoms with Crippen LogP contribution in [0.4, 0.5) is 14.5 Å². The molecule has 3 aromatic carbocycles. The average molecular weight is 842 g/mol. The number of halogens is 2. The summed E-state index contributed by atoms with van der Waals surface area (Å²) in [5.74, 6) is -4.85. The molecule has 15 heteroatoms. The van der Waals surface area contributed by atoms with Gasteiger partial charge in [0, 0.05) is 86.6 Å². The first-order chi connectivity index (χ1) is 28.9. The summed E-state index contributed by atoms with van der Waals surface area (Å²) >= 11 is 5.20. The maximum Gasteiger partial charge on any atom is 0.262 e. The van der Waals surface area contributed by atoms with Crippen molar-refractivity contribution in [2.45, 2.75) is 95.1 Å². The largest absolute Gasteiger partial charge is 0.389 e. The number of unbranched alkanes of at least 4 members (excludes halogenated alkanes) is 1. The van der Waals surface area contributed by atoms with Gasteiger partial charge in [-0.1, -0.05) is 48.6 Å². The molecule has 5 amide bonds. The number of hydrogen-bond donors (Lipinski definition) is 3. The molecule has 2 fully saturated rings. The van der Waals surface area contributed by atoms with Crippen LogP contribution in [0.5, 0.6) is 0 Å². The molecule has 1 aliphatic carbocycles. The molecule has 4 aromatic rings. The summed E-state index contributed by atoms with van der Waals surface area (Å²) in [5, 5.41) is 6.15. The maximum absolute atomic E-state index is 14.1. The second-order valence-corrected chi connectivity index (χ2v) is 16.1. The van der Waals surface area contributed by atoms with Gasteiger partial charge in [0.05, 0.1) is 16.6 Å². The Morgan fingerprint density at radius 3 is 2.35 bits per heavy atom. The first-order valence-corrected chi connectivity index (χ1v) is 21.0. The number of hydrogen-bond acceptors (Lipinski definition) is 8. The molecule has 1 saturated heterocycles. The van der Waals surface area contributed by atoms with Gasteiger partial charge in [0.15, 0.2) is 0 Å². The molecule has 7 rings (SSSR count). The van der Waals surface area contributed by atoms with Crippen molar-refractivity contribution < 1.29 is 42.2 Å². The number of nitrogens with zero attached hydrogens (tertiary/aromatic N) is 2. The number of anilines is 1. The zero-order valence-electron chi connectivity index (χ0n) is 33.3. The lowest BCUT2D eigenvalue weighted by molar-refractivity contribution is -0.136. The topological polar surface area (TPSA) is 162 Å². The molecule has 0 bridgehead atoms. The van der Waals surface area contributed by atoms with Crippen LogP contribution in [0.25, 0.3) is 22.0 Å². The normalized spacial score (nSPS) is 17.9. The van der Waals surface area contributed by atoms with Crippen LogP contribution in [0, 0.1) is 0 Å². The van der Waals surface area contributed by atoms with Gasteiger partial charge in [0.25, 0.3) is 11.8 Å². The highest BCUT2D eigenvalue weighted by atomic mass is 32.1. The van der Waals surface area contributed by atoms with Crippen LogP contribution in [-0.4, -0.2) is 82.4 Å². The molecule has 0 radical (unpaired) electrons. The maximum atomic E-state index is 14.1. The molecule has 60 heavy (non-hydrogen) atoms. The fourth-order valence-corrected chi connectivity index (χ4v) is 8.47. The highest BCUT2D eigenvalue weighted by Crippen LogP contribution is 2.42. The Balaban J connectivity index is 0.811. The van der Waals surface area contributed by atoms with Crippen molar-refractivity contribution >= 4 is 63.3 Å². The number of imide groups is 2. The van der Waals surface area contributed by atoms with Crippen molar-refractivity contribution in [3.8, 4) is 11.1 Å². The molecule has 1 unspecified atom stereocenters. The summed E-state index contributed by atoms with van der Waals surface area (Å²) in [7, 11) is 0. The number of amides is 5. The molecular weight excluding hydrogens is 793 g/mol. The molecule has 316 valence electrons. The van der Waals surface area contributed by atoms with Crippen LogP contribution in [-0.2, 0) is 30.3 Å². The van der Waals surface area contributed by atoms with E-state index in [1.807, 2.05) is 54.7 Å². The molecule has 0 spiro atoms. The Morgan fingerprint density at radius 1 is 0.867 bits per heavy atom. The van der Waals surface area contributed by atoms with Gasteiger partial charge in [0.2, 0.25) is 23.6 Å². The number of benzene rings is 3. The quantitative estimate of drug-likeness (QED) is 0.0532. The molecule has 1 atom stereocenters. The number of rotatable bonds is 18. The number of piperidine rings is 1. The van der Waals surface area contributed by atoms with Crippen molar-refractivity contribution in [3.05, 3.63) is 89.1 Å². The van der Waals surface area contributed by atoms with Crippen molar-refractivity contribution in [1.82, 2.24) is 14.8 Å². The van der Waals surface area contributed by atoms with Gasteiger partial charge >= 0.3 is 0 Å². The number of thiocarbonyl (C=S) groups is 1. The number of nitrogens with one attached hydrogen (secondary N) is 2. The van der Waals surface area contributed by atoms with Gasteiger partial charge in [-0.2, -0.15) is 0 Å². The Labute approximate surface area is 352 Å². The number of fused-ring (bicyclic) bond motifs is 2. The molecular formula is C45H49F2N5O7S. The summed E-state index contributed by atoms with van der Waals surface area (Å²) < 4.78 is 41.7. The van der Waals surface area contributed by atoms with Gasteiger partial charge in [-0.25, -0.2) is 8.78 Å². The Hall–Kier alpha value is -5.38. The summed E-state index contributed by atoms with van der Waals surface area (Å²) in [6.07, 6.45) is 6.12. The third-order valence-corrected chi connectivity index (χ3v) is 11.7. The van der Waals surface area contributed by atoms with E-state index in [4.69, 9.17) is 27.4 Å². The minimum atomic E-state index is -2.65. The summed E-state index contributed by atoms with van der Waals surface area (Å²) in [4.78, 5) is 64.5. The van der Waals surface area contributed by atoms with E-state index in [1.165, 1.54) is 0 Å². The lowest BCUT2D eigenvalue weighted by Gasteiger charge is -2.29.